The highest BCUT2D eigenvalue weighted by Gasteiger charge is 2.35. The van der Waals surface area contributed by atoms with E-state index >= 15 is 0 Å². The number of halogens is 2. The number of anilines is 2. The summed E-state index contributed by atoms with van der Waals surface area (Å²) in [5, 5.41) is 3.56. The first-order valence-electron chi connectivity index (χ1n) is 7.68. The van der Waals surface area contributed by atoms with Crippen LogP contribution in [-0.4, -0.2) is 25.5 Å². The first kappa shape index (κ1) is 17.6. The van der Waals surface area contributed by atoms with Gasteiger partial charge in [-0.05, 0) is 42.5 Å². The van der Waals surface area contributed by atoms with Crippen molar-refractivity contribution in [2.75, 3.05) is 23.9 Å². The molecule has 130 valence electrons. The van der Waals surface area contributed by atoms with Crippen LogP contribution in [0.1, 0.15) is 6.42 Å². The number of methoxy groups -OCH3 is 1. The second kappa shape index (κ2) is 7.33. The Hall–Kier alpha value is -2.24. The maximum Gasteiger partial charge on any atom is 0.229 e. The predicted octanol–water partition coefficient (Wildman–Crippen LogP) is 3.99. The molecule has 7 heteroatoms. The summed E-state index contributed by atoms with van der Waals surface area (Å²) in [5.74, 6) is -0.0180. The van der Waals surface area contributed by atoms with E-state index in [-0.39, 0.29) is 18.2 Å². The first-order valence-corrected chi connectivity index (χ1v) is 8.44. The number of hydrogen-bond acceptors (Lipinski definition) is 3. The first-order chi connectivity index (χ1) is 12.0. The Morgan fingerprint density at radius 2 is 1.88 bits per heavy atom. The van der Waals surface area contributed by atoms with Crippen LogP contribution in [0, 0.1) is 5.92 Å². The molecule has 1 heterocycles. The lowest BCUT2D eigenvalue weighted by atomic mass is 10.1. The summed E-state index contributed by atoms with van der Waals surface area (Å²) in [4.78, 5) is 26.3. The molecule has 0 bridgehead atoms. The van der Waals surface area contributed by atoms with Gasteiger partial charge in [-0.2, -0.15) is 0 Å². The van der Waals surface area contributed by atoms with Gasteiger partial charge >= 0.3 is 0 Å². The number of nitrogens with zero attached hydrogens (tertiary/aromatic N) is 1. The van der Waals surface area contributed by atoms with Crippen molar-refractivity contribution < 1.29 is 14.3 Å². The molecular weight excluding hydrogens is 363 g/mol. The van der Waals surface area contributed by atoms with E-state index in [1.807, 2.05) is 0 Å². The minimum absolute atomic E-state index is 0.0838. The standard InChI is InChI=1S/C18H16Cl2N2O3/c1-25-14-5-3-13(4-6-14)22-10-11(8-17(22)23)18(24)21-12-2-7-15(19)16(20)9-12/h2-7,9,11H,8,10H2,1H3,(H,21,24). The van der Waals surface area contributed by atoms with Gasteiger partial charge in [-0.15, -0.1) is 0 Å². The van der Waals surface area contributed by atoms with E-state index in [2.05, 4.69) is 5.32 Å². The average molecular weight is 379 g/mol. The Kier molecular flexibility index (Phi) is 5.16. The van der Waals surface area contributed by atoms with Crippen molar-refractivity contribution in [1.82, 2.24) is 0 Å². The maximum absolute atomic E-state index is 12.4. The summed E-state index contributed by atoms with van der Waals surface area (Å²) in [6, 6.07) is 12.0. The fourth-order valence-corrected chi connectivity index (χ4v) is 3.01. The molecule has 1 aliphatic rings. The van der Waals surface area contributed by atoms with Gasteiger partial charge in [-0.3, -0.25) is 9.59 Å². The van der Waals surface area contributed by atoms with Gasteiger partial charge in [-0.1, -0.05) is 23.2 Å². The monoisotopic (exact) mass is 378 g/mol. The quantitative estimate of drug-likeness (QED) is 0.874. The van der Waals surface area contributed by atoms with Gasteiger partial charge in [0, 0.05) is 24.3 Å². The molecule has 2 amide bonds. The summed E-state index contributed by atoms with van der Waals surface area (Å²) in [5.41, 5.74) is 1.30. The van der Waals surface area contributed by atoms with Gasteiger partial charge in [0.25, 0.3) is 0 Å². The van der Waals surface area contributed by atoms with Crippen LogP contribution in [0.4, 0.5) is 11.4 Å². The van der Waals surface area contributed by atoms with Crippen LogP contribution in [0.5, 0.6) is 5.75 Å². The molecule has 0 saturated carbocycles. The number of hydrogen-bond donors (Lipinski definition) is 1. The van der Waals surface area contributed by atoms with E-state index in [0.29, 0.717) is 28.0 Å². The van der Waals surface area contributed by atoms with E-state index in [1.54, 1.807) is 54.5 Å². The lowest BCUT2D eigenvalue weighted by molar-refractivity contribution is -0.122. The molecule has 5 nitrogen and oxygen atoms in total. The van der Waals surface area contributed by atoms with Crippen LogP contribution in [-0.2, 0) is 9.59 Å². The maximum atomic E-state index is 12.4. The van der Waals surface area contributed by atoms with E-state index in [4.69, 9.17) is 27.9 Å². The molecule has 25 heavy (non-hydrogen) atoms. The van der Waals surface area contributed by atoms with E-state index in [1.165, 1.54) is 0 Å². The van der Waals surface area contributed by atoms with Crippen LogP contribution >= 0.6 is 23.2 Å². The van der Waals surface area contributed by atoms with E-state index in [0.717, 1.165) is 5.69 Å². The zero-order valence-corrected chi connectivity index (χ0v) is 15.0. The fourth-order valence-electron chi connectivity index (χ4n) is 2.71. The molecule has 2 aromatic rings. The van der Waals surface area contributed by atoms with Crippen LogP contribution in [0.15, 0.2) is 42.5 Å². The van der Waals surface area contributed by atoms with Crippen molar-refractivity contribution in [3.8, 4) is 5.75 Å². The van der Waals surface area contributed by atoms with Crippen molar-refractivity contribution in [2.24, 2.45) is 5.92 Å². The highest BCUT2D eigenvalue weighted by Crippen LogP contribution is 2.29. The predicted molar refractivity (Wildman–Crippen MR) is 98.5 cm³/mol. The molecule has 0 radical (unpaired) electrons. The second-order valence-electron chi connectivity index (χ2n) is 5.72. The van der Waals surface area contributed by atoms with Gasteiger partial charge in [0.1, 0.15) is 5.75 Å². The molecule has 2 aromatic carbocycles. The molecule has 1 aliphatic heterocycles. The van der Waals surface area contributed by atoms with E-state index < -0.39 is 5.92 Å². The molecule has 1 saturated heterocycles. The third kappa shape index (κ3) is 3.89. The summed E-state index contributed by atoms with van der Waals surface area (Å²) in [6.45, 7) is 0.332. The van der Waals surface area contributed by atoms with Crippen molar-refractivity contribution in [3.05, 3.63) is 52.5 Å². The zero-order chi connectivity index (χ0) is 18.0. The Bertz CT molecular complexity index is 808. The molecule has 3 rings (SSSR count). The normalized spacial score (nSPS) is 16.8. The number of carbonyl (C=O) groups excluding carboxylic acids is 2. The summed E-state index contributed by atoms with van der Waals surface area (Å²) in [7, 11) is 1.58. The van der Waals surface area contributed by atoms with Crippen molar-refractivity contribution in [1.29, 1.82) is 0 Å². The molecule has 0 aliphatic carbocycles. The van der Waals surface area contributed by atoms with Crippen molar-refractivity contribution in [2.45, 2.75) is 6.42 Å². The molecule has 0 spiro atoms. The number of ether oxygens (including phenoxy) is 1. The molecular formula is C18H16Cl2N2O3. The molecule has 1 unspecified atom stereocenters. The van der Waals surface area contributed by atoms with Gasteiger partial charge < -0.3 is 15.0 Å². The molecule has 1 N–H and O–H groups in total. The van der Waals surface area contributed by atoms with E-state index in [9.17, 15) is 9.59 Å². The molecule has 1 atom stereocenters. The Morgan fingerprint density at radius 1 is 1.16 bits per heavy atom. The lowest BCUT2D eigenvalue weighted by Gasteiger charge is -2.17. The van der Waals surface area contributed by atoms with Gasteiger partial charge in [-0.25, -0.2) is 0 Å². The summed E-state index contributed by atoms with van der Waals surface area (Å²) >= 11 is 11.8. The number of benzene rings is 2. The van der Waals surface area contributed by atoms with Gasteiger partial charge in [0.2, 0.25) is 11.8 Å². The largest absolute Gasteiger partial charge is 0.497 e. The number of amides is 2. The van der Waals surface area contributed by atoms with Crippen molar-refractivity contribution in [3.63, 3.8) is 0 Å². The van der Waals surface area contributed by atoms with Gasteiger partial charge in [0.15, 0.2) is 0 Å². The smallest absolute Gasteiger partial charge is 0.229 e. The topological polar surface area (TPSA) is 58.6 Å². The van der Waals surface area contributed by atoms with Crippen LogP contribution in [0.25, 0.3) is 0 Å². The Balaban J connectivity index is 1.68. The highest BCUT2D eigenvalue weighted by molar-refractivity contribution is 6.42. The second-order valence-corrected chi connectivity index (χ2v) is 6.54. The number of rotatable bonds is 4. The Morgan fingerprint density at radius 3 is 2.52 bits per heavy atom. The Labute approximate surface area is 155 Å². The van der Waals surface area contributed by atoms with Crippen LogP contribution in [0.3, 0.4) is 0 Å². The summed E-state index contributed by atoms with van der Waals surface area (Å²) in [6.07, 6.45) is 0.166. The van der Waals surface area contributed by atoms with Crippen LogP contribution < -0.4 is 15.0 Å². The fraction of sp³-hybridized carbons (Fsp3) is 0.222. The SMILES string of the molecule is COc1ccc(N2CC(C(=O)Nc3ccc(Cl)c(Cl)c3)CC2=O)cc1. The zero-order valence-electron chi connectivity index (χ0n) is 13.5. The molecule has 1 fully saturated rings. The number of carbonyl (C=O) groups is 2. The van der Waals surface area contributed by atoms with Gasteiger partial charge in [0.05, 0.1) is 23.1 Å². The third-order valence-electron chi connectivity index (χ3n) is 4.07. The lowest BCUT2D eigenvalue weighted by Crippen LogP contribution is -2.28. The van der Waals surface area contributed by atoms with Crippen LogP contribution in [0.2, 0.25) is 10.0 Å². The summed E-state index contributed by atoms with van der Waals surface area (Å²) < 4.78 is 5.11. The van der Waals surface area contributed by atoms with Crippen molar-refractivity contribution >= 4 is 46.4 Å². The minimum atomic E-state index is -0.427. The highest BCUT2D eigenvalue weighted by atomic mass is 35.5. The third-order valence-corrected chi connectivity index (χ3v) is 4.81. The minimum Gasteiger partial charge on any atom is -0.497 e. The average Bonchev–Trinajstić information content (AvgIpc) is 3.00. The molecule has 0 aromatic heterocycles. The number of nitrogens with one attached hydrogen (secondary N) is 1.